The maximum absolute atomic E-state index is 9.94. The predicted octanol–water partition coefficient (Wildman–Crippen LogP) is 11.3. The molecule has 0 atom stereocenters. The van der Waals surface area contributed by atoms with E-state index in [-0.39, 0.29) is 10.9 Å². The van der Waals surface area contributed by atoms with Gasteiger partial charge in [0.05, 0.1) is 61.9 Å². The van der Waals surface area contributed by atoms with E-state index in [1.54, 1.807) is 0 Å². The van der Waals surface area contributed by atoms with Crippen LogP contribution in [-0.4, -0.2) is 19.5 Å². The summed E-state index contributed by atoms with van der Waals surface area (Å²) in [5.41, 5.74) is -5.25. The molecule has 3 heterocycles. The molecule has 0 saturated heterocycles. The summed E-state index contributed by atoms with van der Waals surface area (Å²) in [5.74, 6) is -2.41. The van der Waals surface area contributed by atoms with E-state index in [2.05, 4.69) is 15.0 Å². The Morgan fingerprint density at radius 3 is 1.94 bits per heavy atom. The number of benzene rings is 7. The minimum atomic E-state index is -0.995. The van der Waals surface area contributed by atoms with Gasteiger partial charge in [-0.25, -0.2) is 15.0 Å². The Morgan fingerprint density at radius 2 is 1.18 bits per heavy atom. The van der Waals surface area contributed by atoms with E-state index in [9.17, 15) is 8.22 Å². The molecule has 0 saturated carbocycles. The number of fused-ring (bicyclic) bond motifs is 7. The molecule has 3 aromatic heterocycles. The monoisotopic (exact) mass is 653 g/mol. The fraction of sp³-hybridized carbons (Fsp3) is 0.0227. The van der Waals surface area contributed by atoms with Crippen molar-refractivity contribution in [2.75, 3.05) is 0 Å². The minimum Gasteiger partial charge on any atom is -0.455 e. The number of para-hydroxylation sites is 2. The highest BCUT2D eigenvalue weighted by Crippen LogP contribution is 2.43. The second-order valence-corrected chi connectivity index (χ2v) is 10.6. The van der Waals surface area contributed by atoms with Crippen molar-refractivity contribution in [1.82, 2.24) is 19.5 Å². The number of furan rings is 1. The molecule has 7 aromatic carbocycles. The average molecular weight is 654 g/mol. The normalized spacial score (nSPS) is 18.9. The molecule has 5 nitrogen and oxygen atoms in total. The SMILES string of the molecule is [2H]c1c([2H])c([2H])c(-c2nc(-c3c([2H])c([2H])c([2H])c([2H])c3[2H])nc(-c3c([2H])c([2H])c(-n4c5c([2H])c([2H])c([2H])c([2H])c5c5c([2H])c6c([2H])c([2H])c(C)c([2H])c6c([2H])c54)c4c3oc3c([2H])c([2H])c([2H])c([2H])c34)n2)c([2H])c1[2H]. The molecule has 0 aliphatic rings. The highest BCUT2D eigenvalue weighted by molar-refractivity contribution is 6.18. The number of nitrogens with zero attached hydrogens (tertiary/aromatic N) is 4. The summed E-state index contributed by atoms with van der Waals surface area (Å²) in [4.78, 5) is 13.1. The molecule has 0 amide bonds. The van der Waals surface area contributed by atoms with Crippen LogP contribution in [0.5, 0.6) is 0 Å². The lowest BCUT2D eigenvalue weighted by molar-refractivity contribution is 0.669. The topological polar surface area (TPSA) is 56.7 Å². The Hall–Kier alpha value is -6.59. The standard InChI is InChI=1S/C44H28N4O/c1-27-20-21-30-25-35-32-16-8-10-18-36(32)48(38(35)26-31(30)24-27)37-23-22-34(41-40(37)33-17-9-11-19-39(33)49-41)44-46-42(28-12-4-2-5-13-28)45-43(47-44)29-14-6-3-7-15-29/h2-26H,1H3/i2D,3D,4D,5D,6D,7D,8D,9D,10D,11D,12D,13D,14D,15D,16D,17D,18D,19D,20D,21D,22D,23D,24D,25D,26D. The zero-order valence-corrected chi connectivity index (χ0v) is 24.7. The molecule has 0 unspecified atom stereocenters. The first-order valence-electron chi connectivity index (χ1n) is 26.9. The van der Waals surface area contributed by atoms with Crippen LogP contribution in [0.15, 0.2) is 155 Å². The second-order valence-electron chi connectivity index (χ2n) is 10.6. The highest BCUT2D eigenvalue weighted by Gasteiger charge is 2.23. The Kier molecular flexibility index (Phi) is 2.73. The van der Waals surface area contributed by atoms with Gasteiger partial charge < -0.3 is 8.98 Å². The van der Waals surface area contributed by atoms with Crippen LogP contribution in [0, 0.1) is 6.92 Å². The quantitative estimate of drug-likeness (QED) is 0.190. The number of rotatable bonds is 4. The summed E-state index contributed by atoms with van der Waals surface area (Å²) >= 11 is 0. The van der Waals surface area contributed by atoms with E-state index in [1.807, 2.05) is 0 Å². The number of hydrogen-bond donors (Lipinski definition) is 0. The molecule has 0 spiro atoms. The lowest BCUT2D eigenvalue weighted by atomic mass is 10.0. The molecule has 230 valence electrons. The van der Waals surface area contributed by atoms with E-state index in [0.717, 1.165) is 4.57 Å². The van der Waals surface area contributed by atoms with Crippen molar-refractivity contribution in [2.24, 2.45) is 0 Å². The molecule has 0 fully saturated rings. The first kappa shape index (κ1) is 12.5. The van der Waals surface area contributed by atoms with Crippen LogP contribution in [-0.2, 0) is 0 Å². The van der Waals surface area contributed by atoms with Gasteiger partial charge in [-0.15, -0.1) is 0 Å². The van der Waals surface area contributed by atoms with Gasteiger partial charge >= 0.3 is 0 Å². The average Bonchev–Trinajstić information content (AvgIpc) is 3.94. The van der Waals surface area contributed by atoms with Gasteiger partial charge in [-0.1, -0.05) is 120 Å². The number of aromatic nitrogens is 4. The molecule has 0 radical (unpaired) electrons. The van der Waals surface area contributed by atoms with Crippen molar-refractivity contribution in [1.29, 1.82) is 0 Å². The zero-order valence-electron chi connectivity index (χ0n) is 49.7. The van der Waals surface area contributed by atoms with E-state index >= 15 is 0 Å². The van der Waals surface area contributed by atoms with Crippen molar-refractivity contribution in [3.05, 3.63) is 157 Å². The zero-order chi connectivity index (χ0) is 54.2. The Balaban J connectivity index is 1.49. The molecular formula is C44H28N4O. The van der Waals surface area contributed by atoms with Gasteiger partial charge in [-0.3, -0.25) is 0 Å². The smallest absolute Gasteiger partial charge is 0.167 e. The molecule has 0 aliphatic carbocycles. The third-order valence-corrected chi connectivity index (χ3v) is 7.67. The largest absolute Gasteiger partial charge is 0.455 e. The molecular weight excluding hydrogens is 601 g/mol. The van der Waals surface area contributed by atoms with Gasteiger partial charge in [-0.05, 0) is 54.0 Å². The lowest BCUT2D eigenvalue weighted by Gasteiger charge is -2.13. The summed E-state index contributed by atoms with van der Waals surface area (Å²) < 4.78 is 229. The molecule has 10 rings (SSSR count). The van der Waals surface area contributed by atoms with Crippen LogP contribution in [0.2, 0.25) is 0 Å². The van der Waals surface area contributed by atoms with Crippen molar-refractivity contribution in [3.8, 4) is 39.9 Å². The molecule has 0 N–H and O–H groups in total. The van der Waals surface area contributed by atoms with Crippen molar-refractivity contribution >= 4 is 54.5 Å². The Labute approximate surface area is 316 Å². The van der Waals surface area contributed by atoms with Gasteiger partial charge in [0.25, 0.3) is 0 Å². The van der Waals surface area contributed by atoms with Crippen LogP contribution < -0.4 is 0 Å². The Bertz CT molecular complexity index is 4190. The fourth-order valence-corrected chi connectivity index (χ4v) is 5.61. The maximum atomic E-state index is 9.94. The summed E-state index contributed by atoms with van der Waals surface area (Å²) in [6.45, 7) is 1.34. The van der Waals surface area contributed by atoms with Crippen molar-refractivity contribution < 1.29 is 38.7 Å². The first-order chi connectivity index (χ1) is 34.6. The minimum absolute atomic E-state index is 0.0804. The second kappa shape index (κ2) is 10.7. The predicted molar refractivity (Wildman–Crippen MR) is 200 cm³/mol. The van der Waals surface area contributed by atoms with Gasteiger partial charge in [-0.2, -0.15) is 0 Å². The van der Waals surface area contributed by atoms with Crippen LogP contribution in [0.1, 0.15) is 39.8 Å². The van der Waals surface area contributed by atoms with Crippen LogP contribution in [0.25, 0.3) is 94.4 Å². The maximum Gasteiger partial charge on any atom is 0.167 e. The third kappa shape index (κ3) is 4.36. The summed E-state index contributed by atoms with van der Waals surface area (Å²) in [6.07, 6.45) is 0. The van der Waals surface area contributed by atoms with Gasteiger partial charge in [0, 0.05) is 27.3 Å². The van der Waals surface area contributed by atoms with E-state index < -0.39 is 240 Å². The highest BCUT2D eigenvalue weighted by atomic mass is 16.3. The fourth-order valence-electron chi connectivity index (χ4n) is 5.61. The van der Waals surface area contributed by atoms with Crippen LogP contribution in [0.3, 0.4) is 0 Å². The Morgan fingerprint density at radius 1 is 0.531 bits per heavy atom. The van der Waals surface area contributed by atoms with E-state index in [1.165, 1.54) is 6.92 Å². The summed E-state index contributed by atoms with van der Waals surface area (Å²) in [6, 6.07) is -20.2. The molecule has 49 heavy (non-hydrogen) atoms. The van der Waals surface area contributed by atoms with E-state index in [4.69, 9.17) is 30.5 Å². The van der Waals surface area contributed by atoms with Gasteiger partial charge in [0.1, 0.15) is 11.2 Å². The first-order valence-corrected chi connectivity index (χ1v) is 14.4. The van der Waals surface area contributed by atoms with Crippen LogP contribution >= 0.6 is 0 Å². The third-order valence-electron chi connectivity index (χ3n) is 7.67. The summed E-state index contributed by atoms with van der Waals surface area (Å²) in [5, 5.41) is -2.73. The molecule has 0 aliphatic heterocycles. The molecule has 5 heteroatoms. The van der Waals surface area contributed by atoms with E-state index in [0.29, 0.717) is 0 Å². The molecule has 10 aromatic rings. The molecule has 0 bridgehead atoms. The van der Waals surface area contributed by atoms with Gasteiger partial charge in [0.15, 0.2) is 17.5 Å². The lowest BCUT2D eigenvalue weighted by Crippen LogP contribution is -2.01. The van der Waals surface area contributed by atoms with Crippen molar-refractivity contribution in [2.45, 2.75) is 6.92 Å². The van der Waals surface area contributed by atoms with Crippen molar-refractivity contribution in [3.63, 3.8) is 0 Å². The summed E-state index contributed by atoms with van der Waals surface area (Å²) in [7, 11) is 0. The van der Waals surface area contributed by atoms with Gasteiger partial charge in [0.2, 0.25) is 0 Å². The number of hydrogen-bond acceptors (Lipinski definition) is 4. The van der Waals surface area contributed by atoms with Crippen LogP contribution in [0.4, 0.5) is 0 Å².